The molecule has 3 nitrogen and oxygen atoms in total. The second-order valence-electron chi connectivity index (χ2n) is 7.37. The highest BCUT2D eigenvalue weighted by Gasteiger charge is 2.41. The zero-order chi connectivity index (χ0) is 16.4. The molecule has 4 atom stereocenters. The zero-order valence-corrected chi connectivity index (χ0v) is 14.4. The molecule has 3 aliphatic heterocycles. The Bertz CT molecular complexity index is 502. The second kappa shape index (κ2) is 7.29. The fraction of sp³-hybridized carbons (Fsp3) is 0.684. The Hall–Kier alpha value is -0.970. The number of piperidine rings is 2. The Labute approximate surface area is 139 Å². The Morgan fingerprint density at radius 3 is 2.43 bits per heavy atom. The number of halogens is 1. The Morgan fingerprint density at radius 1 is 1.17 bits per heavy atom. The summed E-state index contributed by atoms with van der Waals surface area (Å²) in [5, 5.41) is 0. The van der Waals surface area contributed by atoms with Crippen LogP contribution in [-0.4, -0.2) is 47.6 Å². The first kappa shape index (κ1) is 16.9. The highest BCUT2D eigenvalue weighted by atomic mass is 19.1. The number of nitrogens with two attached hydrogens (primary N) is 1. The number of piperazine rings is 1. The standard InChI is InChI=1S/C19H30FN3/c1-3-4-19(15-5-7-16(20)8-6-15)23-13-17-9-10-18(23)12-22(17)11-14(2)21/h5-8,14,17-19H,3-4,9-13,21H2,1-2H3/t14-,17?,18?,19?/m1/s1. The molecule has 0 saturated carbocycles. The lowest BCUT2D eigenvalue weighted by Gasteiger charge is -2.54. The van der Waals surface area contributed by atoms with Crippen LogP contribution in [0.1, 0.15) is 51.1 Å². The lowest BCUT2D eigenvalue weighted by molar-refractivity contribution is -0.0470. The summed E-state index contributed by atoms with van der Waals surface area (Å²) in [7, 11) is 0. The Kier molecular flexibility index (Phi) is 5.34. The van der Waals surface area contributed by atoms with Crippen LogP contribution >= 0.6 is 0 Å². The summed E-state index contributed by atoms with van der Waals surface area (Å²) < 4.78 is 13.3. The van der Waals surface area contributed by atoms with Gasteiger partial charge in [-0.25, -0.2) is 4.39 Å². The average Bonchev–Trinajstić information content (AvgIpc) is 2.54. The number of rotatable bonds is 6. The second-order valence-corrected chi connectivity index (χ2v) is 7.37. The SMILES string of the molecule is CCCC(c1ccc(F)cc1)N1CC2CCC1CN2C[C@@H](C)N. The van der Waals surface area contributed by atoms with Gasteiger partial charge in [0.15, 0.2) is 0 Å². The van der Waals surface area contributed by atoms with E-state index in [1.165, 1.54) is 18.4 Å². The number of nitrogens with zero attached hydrogens (tertiary/aromatic N) is 2. The molecule has 3 unspecified atom stereocenters. The molecule has 3 aliphatic rings. The van der Waals surface area contributed by atoms with Gasteiger partial charge in [0.05, 0.1) is 0 Å². The molecule has 3 saturated heterocycles. The first-order chi connectivity index (χ1) is 11.1. The summed E-state index contributed by atoms with van der Waals surface area (Å²) in [5.41, 5.74) is 7.28. The maximum Gasteiger partial charge on any atom is 0.123 e. The normalized spacial score (nSPS) is 28.0. The highest BCUT2D eigenvalue weighted by Crippen LogP contribution is 2.37. The first-order valence-electron chi connectivity index (χ1n) is 9.09. The monoisotopic (exact) mass is 319 g/mol. The van der Waals surface area contributed by atoms with E-state index >= 15 is 0 Å². The molecule has 2 N–H and O–H groups in total. The predicted octanol–water partition coefficient (Wildman–Crippen LogP) is 3.16. The predicted molar refractivity (Wildman–Crippen MR) is 92.8 cm³/mol. The summed E-state index contributed by atoms with van der Waals surface area (Å²) in [4.78, 5) is 5.27. The largest absolute Gasteiger partial charge is 0.327 e. The molecule has 4 rings (SSSR count). The van der Waals surface area contributed by atoms with Gasteiger partial charge in [-0.05, 0) is 43.9 Å². The van der Waals surface area contributed by atoms with Gasteiger partial charge in [0.2, 0.25) is 0 Å². The molecule has 0 radical (unpaired) electrons. The van der Waals surface area contributed by atoms with E-state index in [9.17, 15) is 4.39 Å². The van der Waals surface area contributed by atoms with E-state index in [0.29, 0.717) is 18.1 Å². The van der Waals surface area contributed by atoms with Crippen molar-refractivity contribution in [3.63, 3.8) is 0 Å². The van der Waals surface area contributed by atoms with E-state index in [1.807, 2.05) is 12.1 Å². The molecule has 0 aromatic heterocycles. The van der Waals surface area contributed by atoms with Crippen LogP contribution in [0.5, 0.6) is 0 Å². The minimum atomic E-state index is -0.146. The molecule has 0 aliphatic carbocycles. The molecule has 3 heterocycles. The Morgan fingerprint density at radius 2 is 1.87 bits per heavy atom. The van der Waals surface area contributed by atoms with Gasteiger partial charge >= 0.3 is 0 Å². The lowest BCUT2D eigenvalue weighted by atomic mass is 9.86. The molecule has 1 aromatic rings. The maximum absolute atomic E-state index is 13.3. The first-order valence-corrected chi connectivity index (χ1v) is 9.09. The van der Waals surface area contributed by atoms with Gasteiger partial charge in [-0.15, -0.1) is 0 Å². The maximum atomic E-state index is 13.3. The van der Waals surface area contributed by atoms with Crippen molar-refractivity contribution < 1.29 is 4.39 Å². The van der Waals surface area contributed by atoms with Crippen molar-refractivity contribution in [2.75, 3.05) is 19.6 Å². The third-order valence-electron chi connectivity index (χ3n) is 5.43. The minimum absolute atomic E-state index is 0.146. The Balaban J connectivity index is 1.75. The smallest absolute Gasteiger partial charge is 0.123 e. The highest BCUT2D eigenvalue weighted by molar-refractivity contribution is 5.21. The number of benzene rings is 1. The number of hydrogen-bond donors (Lipinski definition) is 1. The lowest BCUT2D eigenvalue weighted by Crippen LogP contribution is -2.64. The van der Waals surface area contributed by atoms with Crippen molar-refractivity contribution in [1.29, 1.82) is 0 Å². The summed E-state index contributed by atoms with van der Waals surface area (Å²) in [6.45, 7) is 7.59. The molecular weight excluding hydrogens is 289 g/mol. The van der Waals surface area contributed by atoms with Gasteiger partial charge in [-0.2, -0.15) is 0 Å². The van der Waals surface area contributed by atoms with Crippen LogP contribution in [0.2, 0.25) is 0 Å². The summed E-state index contributed by atoms with van der Waals surface area (Å²) in [5.74, 6) is -0.146. The molecule has 1 aromatic carbocycles. The van der Waals surface area contributed by atoms with Crippen molar-refractivity contribution in [2.45, 2.75) is 63.7 Å². The molecule has 23 heavy (non-hydrogen) atoms. The molecule has 3 fully saturated rings. The molecule has 0 amide bonds. The van der Waals surface area contributed by atoms with Crippen molar-refractivity contribution >= 4 is 0 Å². The number of hydrogen-bond acceptors (Lipinski definition) is 3. The average molecular weight is 319 g/mol. The van der Waals surface area contributed by atoms with Gasteiger partial charge in [0.25, 0.3) is 0 Å². The molecule has 2 bridgehead atoms. The topological polar surface area (TPSA) is 32.5 Å². The van der Waals surface area contributed by atoms with Crippen LogP contribution in [0.4, 0.5) is 4.39 Å². The van der Waals surface area contributed by atoms with E-state index < -0.39 is 0 Å². The van der Waals surface area contributed by atoms with Crippen LogP contribution in [0.15, 0.2) is 24.3 Å². The van der Waals surface area contributed by atoms with Gasteiger partial charge in [0.1, 0.15) is 5.82 Å². The van der Waals surface area contributed by atoms with Gasteiger partial charge in [-0.1, -0.05) is 25.5 Å². The summed E-state index contributed by atoms with van der Waals surface area (Å²) in [6.07, 6.45) is 4.86. The van der Waals surface area contributed by atoms with E-state index in [2.05, 4.69) is 23.6 Å². The zero-order valence-electron chi connectivity index (χ0n) is 14.4. The van der Waals surface area contributed by atoms with Crippen LogP contribution in [-0.2, 0) is 0 Å². The van der Waals surface area contributed by atoms with E-state index in [0.717, 1.165) is 32.5 Å². The molecular formula is C19H30FN3. The third kappa shape index (κ3) is 3.76. The molecule has 128 valence electrons. The van der Waals surface area contributed by atoms with Crippen LogP contribution in [0.3, 0.4) is 0 Å². The van der Waals surface area contributed by atoms with E-state index in [1.54, 1.807) is 12.1 Å². The van der Waals surface area contributed by atoms with Crippen LogP contribution < -0.4 is 5.73 Å². The minimum Gasteiger partial charge on any atom is -0.327 e. The van der Waals surface area contributed by atoms with Crippen molar-refractivity contribution in [3.05, 3.63) is 35.6 Å². The van der Waals surface area contributed by atoms with Gasteiger partial charge in [0, 0.05) is 43.8 Å². The van der Waals surface area contributed by atoms with Crippen LogP contribution in [0, 0.1) is 5.82 Å². The quantitative estimate of drug-likeness (QED) is 0.874. The fourth-order valence-corrected chi connectivity index (χ4v) is 4.41. The van der Waals surface area contributed by atoms with Crippen molar-refractivity contribution in [2.24, 2.45) is 5.73 Å². The van der Waals surface area contributed by atoms with Crippen molar-refractivity contribution in [3.8, 4) is 0 Å². The van der Waals surface area contributed by atoms with Crippen LogP contribution in [0.25, 0.3) is 0 Å². The third-order valence-corrected chi connectivity index (χ3v) is 5.43. The number of fused-ring (bicyclic) bond motifs is 3. The summed E-state index contributed by atoms with van der Waals surface area (Å²) >= 11 is 0. The van der Waals surface area contributed by atoms with Crippen molar-refractivity contribution in [1.82, 2.24) is 9.80 Å². The molecule has 4 heteroatoms. The van der Waals surface area contributed by atoms with Gasteiger partial charge in [-0.3, -0.25) is 9.80 Å². The fourth-order valence-electron chi connectivity index (χ4n) is 4.41. The van der Waals surface area contributed by atoms with E-state index in [4.69, 9.17) is 5.73 Å². The van der Waals surface area contributed by atoms with E-state index in [-0.39, 0.29) is 11.9 Å². The van der Waals surface area contributed by atoms with Gasteiger partial charge < -0.3 is 5.73 Å². The molecule has 0 spiro atoms. The summed E-state index contributed by atoms with van der Waals surface area (Å²) in [6, 6.07) is 9.05.